The van der Waals surface area contributed by atoms with Crippen molar-refractivity contribution < 1.29 is 4.79 Å². The van der Waals surface area contributed by atoms with Crippen LogP contribution in [0.2, 0.25) is 5.02 Å². The van der Waals surface area contributed by atoms with Gasteiger partial charge in [0.15, 0.2) is 0 Å². The Hall–Kier alpha value is -1.52. The van der Waals surface area contributed by atoms with E-state index in [9.17, 15) is 4.79 Å². The Kier molecular flexibility index (Phi) is 4.68. The SMILES string of the molecule is Cc1cc(Br)cc(NCc2ccc(C(N)=O)cc2Cl)c1. The summed E-state index contributed by atoms with van der Waals surface area (Å²) in [7, 11) is 0. The van der Waals surface area contributed by atoms with Gasteiger partial charge < -0.3 is 11.1 Å². The molecule has 20 heavy (non-hydrogen) atoms. The summed E-state index contributed by atoms with van der Waals surface area (Å²) in [6, 6.07) is 11.2. The predicted octanol–water partition coefficient (Wildman–Crippen LogP) is 4.12. The molecule has 0 aromatic heterocycles. The molecule has 2 rings (SSSR count). The Balaban J connectivity index is 2.12. The summed E-state index contributed by atoms with van der Waals surface area (Å²) in [6.45, 7) is 2.61. The second-order valence-corrected chi connectivity index (χ2v) is 5.86. The van der Waals surface area contributed by atoms with Gasteiger partial charge in [0.1, 0.15) is 0 Å². The van der Waals surface area contributed by atoms with Crippen LogP contribution in [0.5, 0.6) is 0 Å². The monoisotopic (exact) mass is 352 g/mol. The third-order valence-corrected chi connectivity index (χ3v) is 3.67. The molecule has 0 saturated heterocycles. The number of hydrogen-bond acceptors (Lipinski definition) is 2. The zero-order chi connectivity index (χ0) is 14.7. The number of aryl methyl sites for hydroxylation is 1. The fourth-order valence-corrected chi connectivity index (χ4v) is 2.73. The van der Waals surface area contributed by atoms with E-state index in [-0.39, 0.29) is 0 Å². The molecule has 2 aromatic rings. The van der Waals surface area contributed by atoms with Crippen molar-refractivity contribution in [3.8, 4) is 0 Å². The zero-order valence-corrected chi connectivity index (χ0v) is 13.3. The van der Waals surface area contributed by atoms with E-state index in [1.807, 2.05) is 19.1 Å². The van der Waals surface area contributed by atoms with Gasteiger partial charge >= 0.3 is 0 Å². The Labute approximate surface area is 131 Å². The Morgan fingerprint density at radius 1 is 1.30 bits per heavy atom. The maximum absolute atomic E-state index is 11.1. The highest BCUT2D eigenvalue weighted by Crippen LogP contribution is 2.22. The number of anilines is 1. The Bertz CT molecular complexity index is 638. The van der Waals surface area contributed by atoms with Gasteiger partial charge in [-0.2, -0.15) is 0 Å². The van der Waals surface area contributed by atoms with Gasteiger partial charge in [-0.05, 0) is 48.4 Å². The van der Waals surface area contributed by atoms with E-state index in [1.54, 1.807) is 18.2 Å². The summed E-state index contributed by atoms with van der Waals surface area (Å²) < 4.78 is 1.02. The number of amides is 1. The van der Waals surface area contributed by atoms with Crippen molar-refractivity contribution >= 4 is 39.1 Å². The van der Waals surface area contributed by atoms with Crippen molar-refractivity contribution in [2.24, 2.45) is 5.73 Å². The van der Waals surface area contributed by atoms with Gasteiger partial charge in [0.05, 0.1) is 0 Å². The number of rotatable bonds is 4. The standard InChI is InChI=1S/C15H14BrClN2O/c1-9-4-12(16)7-13(5-9)19-8-11-3-2-10(15(18)20)6-14(11)17/h2-7,19H,8H2,1H3,(H2,18,20). The lowest BCUT2D eigenvalue weighted by Gasteiger charge is -2.10. The van der Waals surface area contributed by atoms with E-state index in [0.717, 1.165) is 21.3 Å². The Morgan fingerprint density at radius 2 is 2.05 bits per heavy atom. The zero-order valence-electron chi connectivity index (χ0n) is 10.9. The number of carbonyl (C=O) groups excluding carboxylic acids is 1. The molecule has 104 valence electrons. The van der Waals surface area contributed by atoms with E-state index in [2.05, 4.69) is 27.3 Å². The molecule has 0 saturated carbocycles. The molecule has 0 aliphatic rings. The fourth-order valence-electron chi connectivity index (χ4n) is 1.88. The first-order valence-corrected chi connectivity index (χ1v) is 7.22. The maximum atomic E-state index is 11.1. The molecule has 0 fully saturated rings. The maximum Gasteiger partial charge on any atom is 0.248 e. The number of hydrogen-bond donors (Lipinski definition) is 2. The van der Waals surface area contributed by atoms with Crippen molar-refractivity contribution in [2.45, 2.75) is 13.5 Å². The lowest BCUT2D eigenvalue weighted by molar-refractivity contribution is 0.100. The highest BCUT2D eigenvalue weighted by Gasteiger charge is 2.06. The highest BCUT2D eigenvalue weighted by molar-refractivity contribution is 9.10. The molecule has 3 nitrogen and oxygen atoms in total. The van der Waals surface area contributed by atoms with Gasteiger partial charge in [-0.1, -0.05) is 33.6 Å². The quantitative estimate of drug-likeness (QED) is 0.868. The van der Waals surface area contributed by atoms with Crippen LogP contribution in [0.15, 0.2) is 40.9 Å². The number of benzene rings is 2. The van der Waals surface area contributed by atoms with Crippen molar-refractivity contribution in [3.63, 3.8) is 0 Å². The van der Waals surface area contributed by atoms with E-state index in [4.69, 9.17) is 17.3 Å². The molecule has 0 atom stereocenters. The summed E-state index contributed by atoms with van der Waals surface area (Å²) in [5.41, 5.74) is 8.71. The third-order valence-electron chi connectivity index (χ3n) is 2.86. The first-order chi connectivity index (χ1) is 9.45. The molecule has 0 radical (unpaired) electrons. The molecule has 0 bridgehead atoms. The minimum absolute atomic E-state index is 0.414. The van der Waals surface area contributed by atoms with Gasteiger partial charge in [0.25, 0.3) is 0 Å². The molecule has 0 heterocycles. The summed E-state index contributed by atoms with van der Waals surface area (Å²) in [6.07, 6.45) is 0. The van der Waals surface area contributed by atoms with E-state index in [0.29, 0.717) is 17.1 Å². The van der Waals surface area contributed by atoms with Crippen molar-refractivity contribution in [1.82, 2.24) is 0 Å². The second kappa shape index (κ2) is 6.29. The number of halogens is 2. The van der Waals surface area contributed by atoms with Gasteiger partial charge in [-0.25, -0.2) is 0 Å². The number of nitrogens with two attached hydrogens (primary N) is 1. The molecule has 5 heteroatoms. The number of carbonyl (C=O) groups is 1. The minimum Gasteiger partial charge on any atom is -0.381 e. The van der Waals surface area contributed by atoms with Gasteiger partial charge in [0, 0.05) is 27.3 Å². The van der Waals surface area contributed by atoms with Crippen LogP contribution in [0, 0.1) is 6.92 Å². The minimum atomic E-state index is -0.478. The lowest BCUT2D eigenvalue weighted by Crippen LogP contribution is -2.11. The van der Waals surface area contributed by atoms with Gasteiger partial charge in [-0.15, -0.1) is 0 Å². The highest BCUT2D eigenvalue weighted by atomic mass is 79.9. The van der Waals surface area contributed by atoms with Crippen LogP contribution in [0.25, 0.3) is 0 Å². The number of nitrogens with one attached hydrogen (secondary N) is 1. The smallest absolute Gasteiger partial charge is 0.248 e. The van der Waals surface area contributed by atoms with Crippen molar-refractivity contribution in [2.75, 3.05) is 5.32 Å². The third kappa shape index (κ3) is 3.74. The van der Waals surface area contributed by atoms with Gasteiger partial charge in [-0.3, -0.25) is 4.79 Å². The van der Waals surface area contributed by atoms with Gasteiger partial charge in [0.2, 0.25) is 5.91 Å². The molecule has 3 N–H and O–H groups in total. The van der Waals surface area contributed by atoms with Crippen LogP contribution in [0.3, 0.4) is 0 Å². The van der Waals surface area contributed by atoms with E-state index < -0.39 is 5.91 Å². The molecule has 0 aliphatic carbocycles. The lowest BCUT2D eigenvalue weighted by atomic mass is 10.1. The average Bonchev–Trinajstić information content (AvgIpc) is 2.36. The molecule has 0 unspecified atom stereocenters. The molecular formula is C15H14BrClN2O. The van der Waals surface area contributed by atoms with Crippen LogP contribution in [0.1, 0.15) is 21.5 Å². The summed E-state index contributed by atoms with van der Waals surface area (Å²) in [5.74, 6) is -0.478. The molecular weight excluding hydrogens is 340 g/mol. The Morgan fingerprint density at radius 3 is 2.65 bits per heavy atom. The molecule has 2 aromatic carbocycles. The molecule has 0 aliphatic heterocycles. The van der Waals surface area contributed by atoms with E-state index in [1.165, 1.54) is 0 Å². The first kappa shape index (κ1) is 14.9. The predicted molar refractivity (Wildman–Crippen MR) is 86.2 cm³/mol. The fraction of sp³-hybridized carbons (Fsp3) is 0.133. The summed E-state index contributed by atoms with van der Waals surface area (Å²) in [4.78, 5) is 11.1. The molecule has 0 spiro atoms. The molecule has 1 amide bonds. The van der Waals surface area contributed by atoms with Crippen LogP contribution < -0.4 is 11.1 Å². The topological polar surface area (TPSA) is 55.1 Å². The largest absolute Gasteiger partial charge is 0.381 e. The van der Waals surface area contributed by atoms with Crippen LogP contribution >= 0.6 is 27.5 Å². The normalized spacial score (nSPS) is 10.3. The number of primary amides is 1. The van der Waals surface area contributed by atoms with E-state index >= 15 is 0 Å². The average molecular weight is 354 g/mol. The first-order valence-electron chi connectivity index (χ1n) is 6.05. The van der Waals surface area contributed by atoms with Crippen LogP contribution in [-0.4, -0.2) is 5.91 Å². The summed E-state index contributed by atoms with van der Waals surface area (Å²) in [5, 5.41) is 3.83. The van der Waals surface area contributed by atoms with Crippen molar-refractivity contribution in [3.05, 3.63) is 62.6 Å². The van der Waals surface area contributed by atoms with Crippen LogP contribution in [-0.2, 0) is 6.54 Å². The summed E-state index contributed by atoms with van der Waals surface area (Å²) >= 11 is 9.61. The van der Waals surface area contributed by atoms with Crippen LogP contribution in [0.4, 0.5) is 5.69 Å². The van der Waals surface area contributed by atoms with Crippen molar-refractivity contribution in [1.29, 1.82) is 0 Å². The second-order valence-electron chi connectivity index (χ2n) is 4.54.